The highest BCUT2D eigenvalue weighted by Gasteiger charge is 2.55. The molecule has 4 unspecified atom stereocenters. The predicted octanol–water partition coefficient (Wildman–Crippen LogP) is 5.05. The molecule has 2 saturated carbocycles. The number of sulfonamides is 1. The van der Waals surface area contributed by atoms with Gasteiger partial charge in [0.05, 0.1) is 16.4 Å². The average Bonchev–Trinajstić information content (AvgIpc) is 3.33. The molecule has 10 heteroatoms. The van der Waals surface area contributed by atoms with Crippen LogP contribution in [0.15, 0.2) is 53.4 Å². The zero-order chi connectivity index (χ0) is 23.3. The maximum atomic E-state index is 13.6. The van der Waals surface area contributed by atoms with E-state index in [0.29, 0.717) is 17.0 Å². The van der Waals surface area contributed by atoms with Gasteiger partial charge in [-0.1, -0.05) is 23.7 Å². The fourth-order valence-corrected chi connectivity index (χ4v) is 6.91. The van der Waals surface area contributed by atoms with Gasteiger partial charge in [0.2, 0.25) is 10.0 Å². The quantitative estimate of drug-likeness (QED) is 0.618. The molecule has 4 atom stereocenters. The van der Waals surface area contributed by atoms with Gasteiger partial charge in [0.1, 0.15) is 0 Å². The summed E-state index contributed by atoms with van der Waals surface area (Å²) in [4.78, 5) is 12.0. The number of alkyl halides is 3. The number of benzene rings is 2. The Bertz CT molecular complexity index is 1100. The van der Waals surface area contributed by atoms with Crippen molar-refractivity contribution < 1.29 is 31.5 Å². The van der Waals surface area contributed by atoms with Crippen molar-refractivity contribution in [1.29, 1.82) is 0 Å². The fourth-order valence-electron chi connectivity index (χ4n) is 5.09. The Labute approximate surface area is 188 Å². The zero-order valence-corrected chi connectivity index (χ0v) is 18.4. The van der Waals surface area contributed by atoms with E-state index in [-0.39, 0.29) is 23.3 Å². The maximum Gasteiger partial charge on any atom is 0.416 e. The van der Waals surface area contributed by atoms with Crippen molar-refractivity contribution in [3.05, 3.63) is 64.7 Å². The van der Waals surface area contributed by atoms with Crippen molar-refractivity contribution in [2.75, 3.05) is 0 Å². The van der Waals surface area contributed by atoms with Crippen molar-refractivity contribution in [1.82, 2.24) is 4.31 Å². The van der Waals surface area contributed by atoms with Gasteiger partial charge >= 0.3 is 12.1 Å². The first-order valence-electron chi connectivity index (χ1n) is 10.1. The Morgan fingerprint density at radius 2 is 1.62 bits per heavy atom. The molecule has 32 heavy (non-hydrogen) atoms. The van der Waals surface area contributed by atoms with E-state index in [0.717, 1.165) is 25.0 Å². The summed E-state index contributed by atoms with van der Waals surface area (Å²) in [6, 6.07) is 9.05. The molecule has 2 bridgehead atoms. The fraction of sp³-hybridized carbons (Fsp3) is 0.409. The van der Waals surface area contributed by atoms with Gasteiger partial charge in [-0.3, -0.25) is 4.79 Å². The van der Waals surface area contributed by atoms with Crippen LogP contribution in [0, 0.1) is 17.8 Å². The molecule has 2 aromatic carbocycles. The summed E-state index contributed by atoms with van der Waals surface area (Å²) < 4.78 is 67.2. The third-order valence-electron chi connectivity index (χ3n) is 6.53. The van der Waals surface area contributed by atoms with Crippen LogP contribution in [-0.4, -0.2) is 29.8 Å². The standard InChI is InChI=1S/C22H21ClF3NO4S/c23-17-7-9-18(10-8-17)32(30,31)27(12-13-1-5-16(6-2-13)22(24,25)26)20-15-4-3-14(11-15)19(20)21(28)29/h1-2,5-10,14-15,19-20H,3-4,11-12H2,(H,28,29). The molecule has 0 saturated heterocycles. The molecule has 5 nitrogen and oxygen atoms in total. The van der Waals surface area contributed by atoms with Crippen LogP contribution in [0.5, 0.6) is 0 Å². The van der Waals surface area contributed by atoms with Crippen LogP contribution >= 0.6 is 11.6 Å². The van der Waals surface area contributed by atoms with Crippen LogP contribution in [0.25, 0.3) is 0 Å². The molecule has 0 spiro atoms. The first-order chi connectivity index (χ1) is 15.0. The number of hydrogen-bond acceptors (Lipinski definition) is 3. The third-order valence-corrected chi connectivity index (χ3v) is 8.64. The average molecular weight is 488 g/mol. The topological polar surface area (TPSA) is 74.7 Å². The van der Waals surface area contributed by atoms with Gasteiger partial charge in [0.15, 0.2) is 0 Å². The third kappa shape index (κ3) is 4.25. The highest BCUT2D eigenvalue weighted by atomic mass is 35.5. The van der Waals surface area contributed by atoms with Crippen molar-refractivity contribution in [3.63, 3.8) is 0 Å². The SMILES string of the molecule is O=C(O)C1C2CCC(C2)C1N(Cc1ccc(C(F)(F)F)cc1)S(=O)(=O)c1ccc(Cl)cc1. The Balaban J connectivity index is 1.75. The molecule has 4 rings (SSSR count). The van der Waals surface area contributed by atoms with Gasteiger partial charge in [-0.15, -0.1) is 0 Å². The molecular weight excluding hydrogens is 467 g/mol. The summed E-state index contributed by atoms with van der Waals surface area (Å²) in [6.45, 7) is -0.221. The summed E-state index contributed by atoms with van der Waals surface area (Å²) in [6.07, 6.45) is -2.43. The van der Waals surface area contributed by atoms with E-state index >= 15 is 0 Å². The van der Waals surface area contributed by atoms with E-state index < -0.39 is 39.7 Å². The highest BCUT2D eigenvalue weighted by molar-refractivity contribution is 7.89. The molecule has 2 aliphatic carbocycles. The summed E-state index contributed by atoms with van der Waals surface area (Å²) in [5, 5.41) is 10.2. The molecule has 0 heterocycles. The molecule has 2 aromatic rings. The molecule has 0 radical (unpaired) electrons. The highest BCUT2D eigenvalue weighted by Crippen LogP contribution is 2.52. The van der Waals surface area contributed by atoms with E-state index in [2.05, 4.69) is 0 Å². The van der Waals surface area contributed by atoms with Gasteiger partial charge in [0.25, 0.3) is 0 Å². The molecular formula is C22H21ClF3NO4S. The number of rotatable bonds is 6. The number of aliphatic carboxylic acids is 1. The first kappa shape index (κ1) is 23.1. The summed E-state index contributed by atoms with van der Waals surface area (Å²) in [5.41, 5.74) is -0.487. The predicted molar refractivity (Wildman–Crippen MR) is 111 cm³/mol. The molecule has 2 fully saturated rings. The van der Waals surface area contributed by atoms with Crippen LogP contribution in [0.4, 0.5) is 13.2 Å². The van der Waals surface area contributed by atoms with Gasteiger partial charge in [-0.2, -0.15) is 17.5 Å². The minimum Gasteiger partial charge on any atom is -0.481 e. The normalized spacial score (nSPS) is 25.4. The maximum absolute atomic E-state index is 13.6. The lowest BCUT2D eigenvalue weighted by atomic mass is 9.84. The first-order valence-corrected chi connectivity index (χ1v) is 12.0. The molecule has 1 N–H and O–H groups in total. The van der Waals surface area contributed by atoms with Crippen molar-refractivity contribution >= 4 is 27.6 Å². The number of fused-ring (bicyclic) bond motifs is 2. The number of hydrogen-bond donors (Lipinski definition) is 1. The number of halogens is 4. The smallest absolute Gasteiger partial charge is 0.416 e. The van der Waals surface area contributed by atoms with Crippen LogP contribution in [0.1, 0.15) is 30.4 Å². The number of carboxylic acids is 1. The lowest BCUT2D eigenvalue weighted by Gasteiger charge is -2.37. The lowest BCUT2D eigenvalue weighted by Crippen LogP contribution is -2.49. The van der Waals surface area contributed by atoms with Gasteiger partial charge in [-0.25, -0.2) is 8.42 Å². The molecule has 0 amide bonds. The zero-order valence-electron chi connectivity index (χ0n) is 16.8. The molecule has 0 aromatic heterocycles. The Morgan fingerprint density at radius 3 is 2.19 bits per heavy atom. The number of carboxylic acid groups (broad SMARTS) is 1. The largest absolute Gasteiger partial charge is 0.481 e. The van der Waals surface area contributed by atoms with E-state index in [4.69, 9.17) is 11.6 Å². The number of nitrogens with zero attached hydrogens (tertiary/aromatic N) is 1. The van der Waals surface area contributed by atoms with Crippen molar-refractivity contribution in [2.45, 2.75) is 42.9 Å². The summed E-state index contributed by atoms with van der Waals surface area (Å²) in [7, 11) is -4.14. The monoisotopic (exact) mass is 487 g/mol. The van der Waals surface area contributed by atoms with Gasteiger partial charge in [-0.05, 0) is 73.1 Å². The van der Waals surface area contributed by atoms with Crippen LogP contribution in [-0.2, 0) is 27.5 Å². The van der Waals surface area contributed by atoms with Crippen LogP contribution in [0.3, 0.4) is 0 Å². The van der Waals surface area contributed by atoms with E-state index in [1.54, 1.807) is 0 Å². The molecule has 172 valence electrons. The van der Waals surface area contributed by atoms with Crippen LogP contribution in [0.2, 0.25) is 5.02 Å². The van der Waals surface area contributed by atoms with Crippen molar-refractivity contribution in [2.24, 2.45) is 17.8 Å². The second-order valence-corrected chi connectivity index (χ2v) is 10.7. The Hall–Kier alpha value is -2.10. The van der Waals surface area contributed by atoms with E-state index in [9.17, 15) is 31.5 Å². The van der Waals surface area contributed by atoms with Crippen LogP contribution < -0.4 is 0 Å². The second kappa shape index (κ2) is 8.35. The minimum absolute atomic E-state index is 0.0410. The number of carbonyl (C=O) groups is 1. The Kier molecular flexibility index (Phi) is 6.02. The van der Waals surface area contributed by atoms with E-state index in [1.165, 1.54) is 40.7 Å². The molecule has 0 aliphatic heterocycles. The van der Waals surface area contributed by atoms with Gasteiger partial charge < -0.3 is 5.11 Å². The molecule has 2 aliphatic rings. The lowest BCUT2D eigenvalue weighted by molar-refractivity contribution is -0.145. The van der Waals surface area contributed by atoms with E-state index in [1.807, 2.05) is 0 Å². The summed E-state index contributed by atoms with van der Waals surface area (Å²) in [5.74, 6) is -2.13. The minimum atomic E-state index is -4.51. The van der Waals surface area contributed by atoms with Crippen molar-refractivity contribution in [3.8, 4) is 0 Å². The Morgan fingerprint density at radius 1 is 1.03 bits per heavy atom. The van der Waals surface area contributed by atoms with Gasteiger partial charge in [0, 0.05) is 17.6 Å². The second-order valence-electron chi connectivity index (χ2n) is 8.39. The summed E-state index contributed by atoms with van der Waals surface area (Å²) >= 11 is 5.89.